The van der Waals surface area contributed by atoms with Crippen LogP contribution in [-0.4, -0.2) is 25.4 Å². The van der Waals surface area contributed by atoms with E-state index in [0.29, 0.717) is 5.56 Å². The number of halogens is 3. The number of nitrogens with one attached hydrogen (secondary N) is 1. The predicted octanol–water partition coefficient (Wildman–Crippen LogP) is 3.79. The van der Waals surface area contributed by atoms with E-state index in [1.54, 1.807) is 13.0 Å². The Balaban J connectivity index is 2.02. The van der Waals surface area contributed by atoms with Gasteiger partial charge in [-0.3, -0.25) is 14.9 Å². The lowest BCUT2D eigenvalue weighted by Gasteiger charge is -2.10. The number of hydrogen-bond donors (Lipinski definition) is 1. The first-order chi connectivity index (χ1) is 12.6. The molecule has 0 saturated carbocycles. The number of benzene rings is 1. The molecule has 0 bridgehead atoms. The highest BCUT2D eigenvalue weighted by Gasteiger charge is 2.33. The van der Waals surface area contributed by atoms with Gasteiger partial charge in [0.1, 0.15) is 11.4 Å². The van der Waals surface area contributed by atoms with E-state index in [2.05, 4.69) is 15.4 Å². The average Bonchev–Trinajstić information content (AvgIpc) is 2.98. The lowest BCUT2D eigenvalue weighted by atomic mass is 10.2. The first-order valence-corrected chi connectivity index (χ1v) is 7.95. The molecule has 8 nitrogen and oxygen atoms in total. The third kappa shape index (κ3) is 3.70. The second-order valence-electron chi connectivity index (χ2n) is 5.81. The van der Waals surface area contributed by atoms with Gasteiger partial charge in [-0.2, -0.15) is 13.9 Å². The maximum atomic E-state index is 13.6. The highest BCUT2D eigenvalue weighted by Crippen LogP contribution is 2.33. The quantitative estimate of drug-likeness (QED) is 0.411. The molecule has 0 unspecified atom stereocenters. The average molecular weight is 396 g/mol. The molecule has 1 N–H and O–H groups in total. The molecule has 2 aromatic heterocycles. The summed E-state index contributed by atoms with van der Waals surface area (Å²) >= 11 is 5.10. The Morgan fingerprint density at radius 1 is 1.30 bits per heavy atom. The van der Waals surface area contributed by atoms with Crippen LogP contribution in [0.1, 0.15) is 27.4 Å². The van der Waals surface area contributed by atoms with E-state index in [0.717, 1.165) is 10.6 Å². The predicted molar refractivity (Wildman–Crippen MR) is 93.3 cm³/mol. The highest BCUT2D eigenvalue weighted by molar-refractivity contribution is 6.21. The Labute approximate surface area is 155 Å². The van der Waals surface area contributed by atoms with Gasteiger partial charge in [-0.1, -0.05) is 6.07 Å². The number of rotatable bonds is 4. The van der Waals surface area contributed by atoms with Crippen molar-refractivity contribution in [3.05, 3.63) is 63.1 Å². The van der Waals surface area contributed by atoms with Gasteiger partial charge in [0, 0.05) is 17.8 Å². The Morgan fingerprint density at radius 3 is 2.63 bits per heavy atom. The number of fused-ring (bicyclic) bond motifs is 1. The van der Waals surface area contributed by atoms with Gasteiger partial charge in [-0.25, -0.2) is 9.50 Å². The smallest absolute Gasteiger partial charge is 0.315 e. The Kier molecular flexibility index (Phi) is 4.52. The molecule has 0 atom stereocenters. The summed E-state index contributed by atoms with van der Waals surface area (Å²) in [5.41, 5.74) is -0.334. The van der Waals surface area contributed by atoms with Crippen molar-refractivity contribution >= 4 is 34.5 Å². The van der Waals surface area contributed by atoms with Crippen LogP contribution in [0.15, 0.2) is 30.3 Å². The number of nitro groups is 1. The summed E-state index contributed by atoms with van der Waals surface area (Å²) in [5, 5.41) is 13.6. The van der Waals surface area contributed by atoms with Crippen LogP contribution in [0, 0.1) is 24.0 Å². The standard InChI is InChI=1S/C16H12ClF2N5O3/c1-8-3-4-10(12(5-8)24(26)27)21-15(25)11-7-14-20-9(2)6-13(16(17,18)19)23(14)22-11/h3-7H,1-2H3,(H,21,25). The first-order valence-electron chi connectivity index (χ1n) is 7.57. The summed E-state index contributed by atoms with van der Waals surface area (Å²) in [6.07, 6.45) is 0. The van der Waals surface area contributed by atoms with Crippen molar-refractivity contribution < 1.29 is 18.5 Å². The highest BCUT2D eigenvalue weighted by atomic mass is 35.5. The fraction of sp³-hybridized carbons (Fsp3) is 0.188. The number of aryl methyl sites for hydroxylation is 2. The van der Waals surface area contributed by atoms with Gasteiger partial charge >= 0.3 is 5.38 Å². The van der Waals surface area contributed by atoms with Crippen molar-refractivity contribution in [3.8, 4) is 0 Å². The van der Waals surface area contributed by atoms with Gasteiger partial charge < -0.3 is 5.32 Å². The SMILES string of the molecule is Cc1ccc(NC(=O)c2cc3nc(C)cc(C(F)(F)Cl)n3n2)c([N+](=O)[O-])c1. The molecule has 27 heavy (non-hydrogen) atoms. The van der Waals surface area contributed by atoms with E-state index in [9.17, 15) is 23.7 Å². The van der Waals surface area contributed by atoms with Gasteiger partial charge in [0.25, 0.3) is 11.6 Å². The monoisotopic (exact) mass is 395 g/mol. The Bertz CT molecular complexity index is 1080. The van der Waals surface area contributed by atoms with Gasteiger partial charge in [0.2, 0.25) is 0 Å². The van der Waals surface area contributed by atoms with Crippen molar-refractivity contribution in [2.24, 2.45) is 0 Å². The van der Waals surface area contributed by atoms with E-state index >= 15 is 0 Å². The van der Waals surface area contributed by atoms with Gasteiger partial charge in [0.05, 0.1) is 4.92 Å². The Morgan fingerprint density at radius 2 is 2.00 bits per heavy atom. The molecular weight excluding hydrogens is 384 g/mol. The first kappa shape index (κ1) is 18.6. The molecule has 3 aromatic rings. The third-order valence-electron chi connectivity index (χ3n) is 3.68. The maximum absolute atomic E-state index is 13.6. The molecule has 0 radical (unpaired) electrons. The molecule has 11 heteroatoms. The van der Waals surface area contributed by atoms with Crippen molar-refractivity contribution in [1.82, 2.24) is 14.6 Å². The number of alkyl halides is 3. The summed E-state index contributed by atoms with van der Waals surface area (Å²) < 4.78 is 28.0. The van der Waals surface area contributed by atoms with Crippen LogP contribution in [0.2, 0.25) is 0 Å². The zero-order chi connectivity index (χ0) is 19.9. The largest absolute Gasteiger partial charge is 0.364 e. The van der Waals surface area contributed by atoms with E-state index in [1.807, 2.05) is 0 Å². The molecule has 3 rings (SSSR count). The minimum Gasteiger partial charge on any atom is -0.315 e. The van der Waals surface area contributed by atoms with Crippen LogP contribution in [0.4, 0.5) is 20.2 Å². The normalized spacial score (nSPS) is 11.6. The number of carbonyl (C=O) groups excluding carboxylic acids is 1. The molecule has 1 aromatic carbocycles. The fourth-order valence-corrected chi connectivity index (χ4v) is 2.63. The molecule has 0 aliphatic rings. The topological polar surface area (TPSA) is 102 Å². The molecule has 0 spiro atoms. The van der Waals surface area contributed by atoms with Crippen LogP contribution < -0.4 is 5.32 Å². The van der Waals surface area contributed by atoms with Crippen LogP contribution >= 0.6 is 11.6 Å². The van der Waals surface area contributed by atoms with Crippen LogP contribution in [0.3, 0.4) is 0 Å². The number of carbonyl (C=O) groups is 1. The molecule has 0 saturated heterocycles. The van der Waals surface area contributed by atoms with E-state index in [4.69, 9.17) is 11.6 Å². The lowest BCUT2D eigenvalue weighted by Crippen LogP contribution is -2.15. The zero-order valence-corrected chi connectivity index (χ0v) is 14.8. The third-order valence-corrected chi connectivity index (χ3v) is 3.87. The second-order valence-corrected chi connectivity index (χ2v) is 6.29. The number of anilines is 1. The van der Waals surface area contributed by atoms with Gasteiger partial charge in [-0.15, -0.1) is 0 Å². The van der Waals surface area contributed by atoms with Crippen molar-refractivity contribution in [2.75, 3.05) is 5.32 Å². The molecule has 0 aliphatic heterocycles. The zero-order valence-electron chi connectivity index (χ0n) is 14.0. The number of hydrogen-bond acceptors (Lipinski definition) is 5. The van der Waals surface area contributed by atoms with E-state index in [-0.39, 0.29) is 28.4 Å². The minimum absolute atomic E-state index is 0.00567. The molecule has 140 valence electrons. The minimum atomic E-state index is -3.72. The van der Waals surface area contributed by atoms with Crippen LogP contribution in [0.25, 0.3) is 5.65 Å². The molecule has 0 fully saturated rings. The van der Waals surface area contributed by atoms with E-state index in [1.165, 1.54) is 25.1 Å². The number of nitro benzene ring substituents is 1. The summed E-state index contributed by atoms with van der Waals surface area (Å²) in [6.45, 7) is 3.16. The summed E-state index contributed by atoms with van der Waals surface area (Å²) in [5.74, 6) is -0.811. The number of nitrogens with zero attached hydrogens (tertiary/aromatic N) is 4. The summed E-state index contributed by atoms with van der Waals surface area (Å²) in [7, 11) is 0. The fourth-order valence-electron chi connectivity index (χ4n) is 2.50. The van der Waals surface area contributed by atoms with E-state index < -0.39 is 21.9 Å². The van der Waals surface area contributed by atoms with Crippen molar-refractivity contribution in [3.63, 3.8) is 0 Å². The molecule has 2 heterocycles. The maximum Gasteiger partial charge on any atom is 0.364 e. The van der Waals surface area contributed by atoms with Crippen LogP contribution in [0.5, 0.6) is 0 Å². The molecule has 0 aliphatic carbocycles. The van der Waals surface area contributed by atoms with Crippen molar-refractivity contribution in [2.45, 2.75) is 19.2 Å². The second kappa shape index (κ2) is 6.54. The molecule has 1 amide bonds. The van der Waals surface area contributed by atoms with Gasteiger partial charge in [0.15, 0.2) is 11.3 Å². The number of amides is 1. The van der Waals surface area contributed by atoms with Crippen molar-refractivity contribution in [1.29, 1.82) is 0 Å². The molecular formula is C16H12ClF2N5O3. The summed E-state index contributed by atoms with van der Waals surface area (Å²) in [6, 6.07) is 6.51. The Hall–Kier alpha value is -3.14. The lowest BCUT2D eigenvalue weighted by molar-refractivity contribution is -0.384. The number of aromatic nitrogens is 3. The van der Waals surface area contributed by atoms with Gasteiger partial charge in [-0.05, 0) is 43.1 Å². The summed E-state index contributed by atoms with van der Waals surface area (Å²) in [4.78, 5) is 27.0. The van der Waals surface area contributed by atoms with Crippen LogP contribution in [-0.2, 0) is 5.38 Å².